The number of hydrogen-bond donors (Lipinski definition) is 1. The van der Waals surface area contributed by atoms with Gasteiger partial charge in [-0.1, -0.05) is 52.0 Å². The first-order chi connectivity index (χ1) is 16.5. The summed E-state index contributed by atoms with van der Waals surface area (Å²) >= 11 is 0. The van der Waals surface area contributed by atoms with E-state index < -0.39 is 5.60 Å². The van der Waals surface area contributed by atoms with Gasteiger partial charge in [0.05, 0.1) is 5.69 Å². The summed E-state index contributed by atoms with van der Waals surface area (Å²) in [5.41, 5.74) is 5.45. The highest BCUT2D eigenvalue weighted by Crippen LogP contribution is 2.28. The summed E-state index contributed by atoms with van der Waals surface area (Å²) < 4.78 is 6.07. The van der Waals surface area contributed by atoms with Crippen LogP contribution in [0.5, 0.6) is 5.75 Å². The molecule has 1 N–H and O–H groups in total. The topological polar surface area (TPSA) is 69.0 Å². The van der Waals surface area contributed by atoms with Gasteiger partial charge < -0.3 is 10.1 Å². The second kappa shape index (κ2) is 9.17. The van der Waals surface area contributed by atoms with Crippen molar-refractivity contribution in [3.63, 3.8) is 0 Å². The van der Waals surface area contributed by atoms with E-state index in [1.54, 1.807) is 18.6 Å². The van der Waals surface area contributed by atoms with Crippen molar-refractivity contribution in [2.75, 3.05) is 5.32 Å². The number of amides is 1. The number of rotatable bonds is 6. The van der Waals surface area contributed by atoms with Gasteiger partial charge in [0.1, 0.15) is 16.8 Å². The Hall–Kier alpha value is -3.67. The minimum atomic E-state index is -1.07. The minimum absolute atomic E-state index is 0.0579. The summed E-state index contributed by atoms with van der Waals surface area (Å²) in [6.45, 7) is 14.1. The number of hydrogen-bond acceptors (Lipinski definition) is 4. The molecule has 1 amide bonds. The fourth-order valence-corrected chi connectivity index (χ4v) is 3.82. The van der Waals surface area contributed by atoms with Crippen LogP contribution in [0.1, 0.15) is 58.2 Å². The number of ether oxygens (including phenoxy) is 1. The lowest BCUT2D eigenvalue weighted by molar-refractivity contribution is -0.128. The van der Waals surface area contributed by atoms with Gasteiger partial charge >= 0.3 is 0 Å². The van der Waals surface area contributed by atoms with E-state index in [-0.39, 0.29) is 11.3 Å². The van der Waals surface area contributed by atoms with Gasteiger partial charge in [-0.3, -0.25) is 4.79 Å². The monoisotopic (exact) mass is 470 g/mol. The van der Waals surface area contributed by atoms with E-state index in [4.69, 9.17) is 4.74 Å². The Morgan fingerprint density at radius 3 is 2.09 bits per heavy atom. The first-order valence-corrected chi connectivity index (χ1v) is 12.0. The Kier molecular flexibility index (Phi) is 6.41. The van der Waals surface area contributed by atoms with Gasteiger partial charge in [0.25, 0.3) is 5.91 Å². The van der Waals surface area contributed by atoms with Crippen LogP contribution in [0.3, 0.4) is 0 Å². The molecule has 0 unspecified atom stereocenters. The molecule has 6 heteroatoms. The molecule has 35 heavy (non-hydrogen) atoms. The zero-order chi connectivity index (χ0) is 25.4. The molecule has 3 aromatic carbocycles. The Bertz CT molecular complexity index is 1340. The standard InChI is InChI=1S/C29H34N4O2/c1-8-20-9-13-22(14-10-20)33-31-25-17-19(2)24(18-26(25)32-33)30-27(34)29(6,7)35-23-15-11-21(12-16-23)28(3,4)5/h9-18H,8H2,1-7H3,(H,30,34). The van der Waals surface area contributed by atoms with Crippen molar-refractivity contribution in [3.05, 3.63) is 77.4 Å². The van der Waals surface area contributed by atoms with Crippen LogP contribution in [0.15, 0.2) is 60.7 Å². The van der Waals surface area contributed by atoms with Crippen molar-refractivity contribution >= 4 is 22.6 Å². The number of fused-ring (bicyclic) bond motifs is 1. The van der Waals surface area contributed by atoms with Gasteiger partial charge in [-0.2, -0.15) is 4.80 Å². The minimum Gasteiger partial charge on any atom is -0.478 e. The van der Waals surface area contributed by atoms with Crippen LogP contribution in [-0.2, 0) is 16.6 Å². The Balaban J connectivity index is 1.52. The predicted octanol–water partition coefficient (Wildman–Crippen LogP) is 6.38. The van der Waals surface area contributed by atoms with Crippen LogP contribution in [0.4, 0.5) is 5.69 Å². The zero-order valence-electron chi connectivity index (χ0n) is 21.6. The lowest BCUT2D eigenvalue weighted by atomic mass is 9.87. The van der Waals surface area contributed by atoms with Gasteiger partial charge in [0, 0.05) is 5.69 Å². The highest BCUT2D eigenvalue weighted by molar-refractivity contribution is 5.99. The summed E-state index contributed by atoms with van der Waals surface area (Å²) in [5.74, 6) is 0.421. The molecule has 0 saturated carbocycles. The van der Waals surface area contributed by atoms with E-state index in [0.717, 1.165) is 23.2 Å². The number of nitrogens with zero attached hydrogens (tertiary/aromatic N) is 3. The maximum atomic E-state index is 13.2. The van der Waals surface area contributed by atoms with Crippen molar-refractivity contribution in [1.29, 1.82) is 0 Å². The number of carbonyl (C=O) groups is 1. The Morgan fingerprint density at radius 1 is 0.914 bits per heavy atom. The third-order valence-corrected chi connectivity index (χ3v) is 6.19. The van der Waals surface area contributed by atoms with E-state index in [1.165, 1.54) is 11.1 Å². The molecular weight excluding hydrogens is 436 g/mol. The highest BCUT2D eigenvalue weighted by atomic mass is 16.5. The first-order valence-electron chi connectivity index (χ1n) is 12.0. The normalized spacial score (nSPS) is 12.1. The molecule has 0 fully saturated rings. The van der Waals surface area contributed by atoms with Gasteiger partial charge in [0.2, 0.25) is 0 Å². The second-order valence-corrected chi connectivity index (χ2v) is 10.5. The molecule has 0 bridgehead atoms. The largest absolute Gasteiger partial charge is 0.478 e. The summed E-state index contributed by atoms with van der Waals surface area (Å²) in [6.07, 6.45) is 0.985. The van der Waals surface area contributed by atoms with Crippen LogP contribution < -0.4 is 10.1 Å². The van der Waals surface area contributed by atoms with Crippen LogP contribution >= 0.6 is 0 Å². The van der Waals surface area contributed by atoms with Crippen LogP contribution in [0.2, 0.25) is 0 Å². The van der Waals surface area contributed by atoms with E-state index in [0.29, 0.717) is 17.0 Å². The summed E-state index contributed by atoms with van der Waals surface area (Å²) in [6, 6.07) is 19.9. The van der Waals surface area contributed by atoms with E-state index >= 15 is 0 Å². The predicted molar refractivity (Wildman–Crippen MR) is 141 cm³/mol. The average Bonchev–Trinajstić information content (AvgIpc) is 3.21. The molecule has 0 atom stereocenters. The molecule has 0 aliphatic heterocycles. The second-order valence-electron chi connectivity index (χ2n) is 10.5. The molecule has 0 aliphatic carbocycles. The summed E-state index contributed by atoms with van der Waals surface area (Å²) in [5, 5.41) is 12.3. The molecule has 4 aromatic rings. The number of anilines is 1. The number of aryl methyl sites for hydroxylation is 2. The van der Waals surface area contributed by atoms with Crippen molar-refractivity contribution < 1.29 is 9.53 Å². The third kappa shape index (κ3) is 5.37. The molecule has 1 aromatic heterocycles. The van der Waals surface area contributed by atoms with Crippen molar-refractivity contribution in [3.8, 4) is 11.4 Å². The van der Waals surface area contributed by atoms with Gasteiger partial charge in [-0.25, -0.2) is 0 Å². The molecular formula is C29H34N4O2. The fraction of sp³-hybridized carbons (Fsp3) is 0.345. The van der Waals surface area contributed by atoms with Crippen molar-refractivity contribution in [1.82, 2.24) is 15.0 Å². The molecule has 0 saturated heterocycles. The number of nitrogens with one attached hydrogen (secondary N) is 1. The van der Waals surface area contributed by atoms with E-state index in [1.807, 2.05) is 55.5 Å². The molecule has 4 rings (SSSR count). The molecule has 6 nitrogen and oxygen atoms in total. The SMILES string of the molecule is CCc1ccc(-n2nc3cc(C)c(NC(=O)C(C)(C)Oc4ccc(C(C)(C)C)cc4)cc3n2)cc1. The fourth-order valence-electron chi connectivity index (χ4n) is 3.82. The van der Waals surface area contributed by atoms with Crippen LogP contribution in [-0.4, -0.2) is 26.5 Å². The van der Waals surface area contributed by atoms with Gasteiger partial charge in [-0.15, -0.1) is 10.2 Å². The molecule has 0 radical (unpaired) electrons. The molecule has 182 valence electrons. The summed E-state index contributed by atoms with van der Waals surface area (Å²) in [7, 11) is 0. The lowest BCUT2D eigenvalue weighted by Crippen LogP contribution is -2.42. The molecule has 0 spiro atoms. The average molecular weight is 471 g/mol. The maximum absolute atomic E-state index is 13.2. The Labute approximate surface area is 207 Å². The number of benzene rings is 3. The highest BCUT2D eigenvalue weighted by Gasteiger charge is 2.30. The van der Waals surface area contributed by atoms with Gasteiger partial charge in [-0.05, 0) is 85.7 Å². The zero-order valence-corrected chi connectivity index (χ0v) is 21.6. The molecule has 1 heterocycles. The van der Waals surface area contributed by atoms with Crippen molar-refractivity contribution in [2.24, 2.45) is 0 Å². The molecule has 0 aliphatic rings. The van der Waals surface area contributed by atoms with E-state index in [9.17, 15) is 4.79 Å². The number of carbonyl (C=O) groups excluding carboxylic acids is 1. The Morgan fingerprint density at radius 2 is 1.51 bits per heavy atom. The first kappa shape index (κ1) is 24.5. The third-order valence-electron chi connectivity index (χ3n) is 6.19. The summed E-state index contributed by atoms with van der Waals surface area (Å²) in [4.78, 5) is 14.8. The van der Waals surface area contributed by atoms with Crippen molar-refractivity contribution in [2.45, 2.75) is 65.9 Å². The van der Waals surface area contributed by atoms with Crippen LogP contribution in [0, 0.1) is 6.92 Å². The van der Waals surface area contributed by atoms with E-state index in [2.05, 4.69) is 55.3 Å². The van der Waals surface area contributed by atoms with Crippen LogP contribution in [0.25, 0.3) is 16.7 Å². The van der Waals surface area contributed by atoms with Gasteiger partial charge in [0.15, 0.2) is 5.60 Å². The quantitative estimate of drug-likeness (QED) is 0.355. The smallest absolute Gasteiger partial charge is 0.267 e. The maximum Gasteiger partial charge on any atom is 0.267 e. The lowest BCUT2D eigenvalue weighted by Gasteiger charge is -2.26. The number of aromatic nitrogens is 3.